The maximum absolute atomic E-state index is 12.8. The summed E-state index contributed by atoms with van der Waals surface area (Å²) in [5.41, 5.74) is 1.61. The fraction of sp³-hybridized carbons (Fsp3) is 0.261. The summed E-state index contributed by atoms with van der Waals surface area (Å²) in [6.07, 6.45) is 0.0779. The van der Waals surface area contributed by atoms with E-state index in [-0.39, 0.29) is 24.9 Å². The number of amidine groups is 1. The van der Waals surface area contributed by atoms with Gasteiger partial charge in [-0.2, -0.15) is 10.3 Å². The predicted molar refractivity (Wildman–Crippen MR) is 122 cm³/mol. The van der Waals surface area contributed by atoms with Crippen molar-refractivity contribution in [1.82, 2.24) is 5.32 Å². The molecule has 2 aromatic rings. The zero-order valence-corrected chi connectivity index (χ0v) is 18.5. The SMILES string of the molecule is COC(=O)CCNC(=O)C1SC(=NC(=O)c2ccc(C#N)cc2)N(c2ccccc2)C1C. The number of benzene rings is 2. The van der Waals surface area contributed by atoms with Gasteiger partial charge in [-0.05, 0) is 43.3 Å². The third-order valence-electron chi connectivity index (χ3n) is 4.89. The number of thioether (sulfide) groups is 1. The van der Waals surface area contributed by atoms with Gasteiger partial charge in [-0.3, -0.25) is 14.4 Å². The number of ether oxygens (including phenoxy) is 1. The highest BCUT2D eigenvalue weighted by molar-refractivity contribution is 8.15. The molecule has 1 saturated heterocycles. The van der Waals surface area contributed by atoms with E-state index in [1.807, 2.05) is 48.2 Å². The van der Waals surface area contributed by atoms with Gasteiger partial charge in [0.15, 0.2) is 5.17 Å². The quantitative estimate of drug-likeness (QED) is 0.674. The third kappa shape index (κ3) is 5.34. The summed E-state index contributed by atoms with van der Waals surface area (Å²) in [5, 5.41) is 11.6. The molecule has 0 aliphatic carbocycles. The van der Waals surface area contributed by atoms with Gasteiger partial charge < -0.3 is 15.0 Å². The molecular weight excluding hydrogens is 428 g/mol. The van der Waals surface area contributed by atoms with Crippen molar-refractivity contribution in [2.24, 2.45) is 4.99 Å². The summed E-state index contributed by atoms with van der Waals surface area (Å²) in [7, 11) is 1.30. The van der Waals surface area contributed by atoms with E-state index in [0.29, 0.717) is 16.3 Å². The molecule has 0 saturated carbocycles. The van der Waals surface area contributed by atoms with Crippen molar-refractivity contribution in [2.75, 3.05) is 18.6 Å². The number of nitrogens with one attached hydrogen (secondary N) is 1. The molecule has 1 aliphatic rings. The van der Waals surface area contributed by atoms with Crippen molar-refractivity contribution in [2.45, 2.75) is 24.6 Å². The summed E-state index contributed by atoms with van der Waals surface area (Å²) in [4.78, 5) is 43.0. The highest BCUT2D eigenvalue weighted by Crippen LogP contribution is 2.36. The summed E-state index contributed by atoms with van der Waals surface area (Å²) < 4.78 is 4.59. The van der Waals surface area contributed by atoms with Gasteiger partial charge in [-0.1, -0.05) is 30.0 Å². The minimum atomic E-state index is -0.527. The van der Waals surface area contributed by atoms with Crippen molar-refractivity contribution < 1.29 is 19.1 Å². The van der Waals surface area contributed by atoms with Gasteiger partial charge in [-0.25, -0.2) is 0 Å². The summed E-state index contributed by atoms with van der Waals surface area (Å²) in [5.74, 6) is -1.11. The largest absolute Gasteiger partial charge is 0.469 e. The minimum Gasteiger partial charge on any atom is -0.469 e. The first kappa shape index (κ1) is 23.0. The molecule has 0 spiro atoms. The third-order valence-corrected chi connectivity index (χ3v) is 6.25. The molecule has 2 atom stereocenters. The van der Waals surface area contributed by atoms with E-state index >= 15 is 0 Å². The molecule has 2 unspecified atom stereocenters. The van der Waals surface area contributed by atoms with Crippen molar-refractivity contribution in [1.29, 1.82) is 5.26 Å². The van der Waals surface area contributed by atoms with Gasteiger partial charge >= 0.3 is 5.97 Å². The van der Waals surface area contributed by atoms with Crippen molar-refractivity contribution in [3.63, 3.8) is 0 Å². The van der Waals surface area contributed by atoms with E-state index in [1.165, 1.54) is 18.9 Å². The molecule has 8 nitrogen and oxygen atoms in total. The smallest absolute Gasteiger partial charge is 0.307 e. The Kier molecular flexibility index (Phi) is 7.63. The summed E-state index contributed by atoms with van der Waals surface area (Å²) >= 11 is 1.20. The van der Waals surface area contributed by atoms with Crippen LogP contribution in [0.4, 0.5) is 5.69 Å². The van der Waals surface area contributed by atoms with E-state index in [4.69, 9.17) is 5.26 Å². The molecule has 2 aromatic carbocycles. The van der Waals surface area contributed by atoms with Crippen LogP contribution in [0, 0.1) is 11.3 Å². The van der Waals surface area contributed by atoms with E-state index in [0.717, 1.165) is 5.69 Å². The first-order chi connectivity index (χ1) is 15.4. The van der Waals surface area contributed by atoms with Crippen LogP contribution in [0.1, 0.15) is 29.3 Å². The van der Waals surface area contributed by atoms with Crippen molar-refractivity contribution in [3.8, 4) is 6.07 Å². The fourth-order valence-electron chi connectivity index (χ4n) is 3.19. The van der Waals surface area contributed by atoms with Crippen LogP contribution in [0.5, 0.6) is 0 Å². The average Bonchev–Trinajstić information content (AvgIpc) is 3.14. The highest BCUT2D eigenvalue weighted by Gasteiger charge is 2.41. The molecule has 1 heterocycles. The second-order valence-electron chi connectivity index (χ2n) is 6.99. The Morgan fingerprint density at radius 1 is 1.16 bits per heavy atom. The minimum absolute atomic E-state index is 0.0779. The predicted octanol–water partition coefficient (Wildman–Crippen LogP) is 2.74. The molecule has 32 heavy (non-hydrogen) atoms. The van der Waals surface area contributed by atoms with Gasteiger partial charge in [0.1, 0.15) is 5.25 Å². The van der Waals surface area contributed by atoms with Gasteiger partial charge in [0.2, 0.25) is 5.91 Å². The lowest BCUT2D eigenvalue weighted by molar-refractivity contribution is -0.140. The van der Waals surface area contributed by atoms with E-state index < -0.39 is 17.1 Å². The molecular formula is C23H22N4O4S. The number of methoxy groups -OCH3 is 1. The molecule has 3 rings (SSSR count). The standard InChI is InChI=1S/C23H22N4O4S/c1-15-20(22(30)25-13-12-19(28)31-2)32-23(27(15)18-6-4-3-5-7-18)26-21(29)17-10-8-16(14-24)9-11-17/h3-11,15,20H,12-13H2,1-2H3,(H,25,30). The normalized spacial score (nSPS) is 18.8. The maximum atomic E-state index is 12.8. The monoisotopic (exact) mass is 450 g/mol. The topological polar surface area (TPSA) is 112 Å². The number of aliphatic imine (C=N–C) groups is 1. The number of nitrogens with zero attached hydrogens (tertiary/aromatic N) is 3. The van der Waals surface area contributed by atoms with Gasteiger partial charge in [0.25, 0.3) is 5.91 Å². The number of amides is 2. The van der Waals surface area contributed by atoms with E-state index in [1.54, 1.807) is 24.3 Å². The van der Waals surface area contributed by atoms with Crippen LogP contribution in [0.3, 0.4) is 0 Å². The molecule has 1 N–H and O–H groups in total. The number of esters is 1. The molecule has 0 bridgehead atoms. The van der Waals surface area contributed by atoms with Gasteiger partial charge in [0.05, 0.1) is 31.2 Å². The molecule has 1 aliphatic heterocycles. The Labute approximate surface area is 190 Å². The lowest BCUT2D eigenvalue weighted by Crippen LogP contribution is -2.42. The van der Waals surface area contributed by atoms with Gasteiger partial charge in [-0.15, -0.1) is 0 Å². The zero-order chi connectivity index (χ0) is 23.1. The Balaban J connectivity index is 1.84. The molecule has 164 valence electrons. The molecule has 1 fully saturated rings. The number of rotatable bonds is 6. The average molecular weight is 451 g/mol. The number of carbonyl (C=O) groups is 3. The van der Waals surface area contributed by atoms with Gasteiger partial charge in [0, 0.05) is 17.8 Å². The fourth-order valence-corrected chi connectivity index (χ4v) is 4.45. The first-order valence-corrected chi connectivity index (χ1v) is 10.8. The number of anilines is 1. The van der Waals surface area contributed by atoms with Crippen LogP contribution in [-0.4, -0.2) is 47.9 Å². The molecule has 0 aromatic heterocycles. The summed E-state index contributed by atoms with van der Waals surface area (Å²) in [6.45, 7) is 2.05. The Bertz CT molecular complexity index is 1060. The zero-order valence-electron chi connectivity index (χ0n) is 17.6. The number of hydrogen-bond acceptors (Lipinski definition) is 6. The highest BCUT2D eigenvalue weighted by atomic mass is 32.2. The van der Waals surface area contributed by atoms with Crippen LogP contribution in [-0.2, 0) is 14.3 Å². The Morgan fingerprint density at radius 2 is 1.84 bits per heavy atom. The number of carbonyl (C=O) groups excluding carboxylic acids is 3. The van der Waals surface area contributed by atoms with E-state index in [2.05, 4.69) is 15.0 Å². The van der Waals surface area contributed by atoms with Crippen molar-refractivity contribution in [3.05, 3.63) is 65.7 Å². The van der Waals surface area contributed by atoms with Crippen LogP contribution >= 0.6 is 11.8 Å². The van der Waals surface area contributed by atoms with Crippen LogP contribution in [0.15, 0.2) is 59.6 Å². The molecule has 2 amide bonds. The van der Waals surface area contributed by atoms with Crippen molar-refractivity contribution >= 4 is 40.4 Å². The number of hydrogen-bond donors (Lipinski definition) is 1. The molecule has 9 heteroatoms. The Hall–Kier alpha value is -3.64. The van der Waals surface area contributed by atoms with E-state index in [9.17, 15) is 14.4 Å². The summed E-state index contributed by atoms with van der Waals surface area (Å²) in [6, 6.07) is 17.4. The van der Waals surface area contributed by atoms with Crippen LogP contribution in [0.25, 0.3) is 0 Å². The Morgan fingerprint density at radius 3 is 2.47 bits per heavy atom. The number of nitriles is 1. The van der Waals surface area contributed by atoms with Crippen LogP contribution < -0.4 is 10.2 Å². The lowest BCUT2D eigenvalue weighted by Gasteiger charge is -2.25. The second-order valence-corrected chi connectivity index (χ2v) is 8.10. The first-order valence-electron chi connectivity index (χ1n) is 9.93. The second kappa shape index (κ2) is 10.6. The molecule has 0 radical (unpaired) electrons. The number of para-hydroxylation sites is 1. The maximum Gasteiger partial charge on any atom is 0.307 e. The van der Waals surface area contributed by atoms with Crippen LogP contribution in [0.2, 0.25) is 0 Å². The lowest BCUT2D eigenvalue weighted by atomic mass is 10.1.